The number of urea groups is 1. The van der Waals surface area contributed by atoms with E-state index in [0.29, 0.717) is 11.1 Å². The summed E-state index contributed by atoms with van der Waals surface area (Å²) in [5, 5.41) is 26.7. The Kier molecular flexibility index (Phi) is 4.17. The van der Waals surface area contributed by atoms with E-state index in [2.05, 4.69) is 10.6 Å². The minimum Gasteiger partial charge on any atom is -0.508 e. The zero-order valence-electron chi connectivity index (χ0n) is 12.7. The zero-order chi connectivity index (χ0) is 18.0. The van der Waals surface area contributed by atoms with E-state index in [-0.39, 0.29) is 11.4 Å². The van der Waals surface area contributed by atoms with Gasteiger partial charge in [-0.25, -0.2) is 4.79 Å². The van der Waals surface area contributed by atoms with Crippen molar-refractivity contribution in [1.82, 2.24) is 0 Å². The van der Waals surface area contributed by atoms with Gasteiger partial charge in [-0.05, 0) is 41.8 Å². The number of anilines is 2. The van der Waals surface area contributed by atoms with E-state index in [0.717, 1.165) is 17.5 Å². The molecule has 3 rings (SSSR count). The highest BCUT2D eigenvalue weighted by Gasteiger charge is 2.15. The fraction of sp³-hybridized carbons (Fsp3) is 0. The van der Waals surface area contributed by atoms with E-state index in [1.54, 1.807) is 30.3 Å². The van der Waals surface area contributed by atoms with Crippen molar-refractivity contribution in [3.63, 3.8) is 0 Å². The van der Waals surface area contributed by atoms with Gasteiger partial charge in [0.1, 0.15) is 5.75 Å². The number of nitro benzene ring substituents is 1. The zero-order valence-corrected chi connectivity index (χ0v) is 12.7. The van der Waals surface area contributed by atoms with Gasteiger partial charge >= 0.3 is 11.7 Å². The number of hydrogen-bond donors (Lipinski definition) is 3. The van der Waals surface area contributed by atoms with Crippen molar-refractivity contribution in [1.29, 1.82) is 0 Å². The molecule has 0 aliphatic carbocycles. The van der Waals surface area contributed by atoms with Crippen LogP contribution in [0.4, 0.5) is 26.2 Å². The smallest absolute Gasteiger partial charge is 0.323 e. The Hall–Kier alpha value is -3.68. The highest BCUT2D eigenvalue weighted by atomic mass is 19.1. The van der Waals surface area contributed by atoms with Gasteiger partial charge in [0.2, 0.25) is 5.82 Å². The average molecular weight is 341 g/mol. The maximum atomic E-state index is 13.3. The van der Waals surface area contributed by atoms with Crippen molar-refractivity contribution < 1.29 is 19.2 Å². The van der Waals surface area contributed by atoms with Gasteiger partial charge in [-0.3, -0.25) is 10.1 Å². The molecule has 3 aromatic rings. The number of nitrogens with one attached hydrogen (secondary N) is 2. The van der Waals surface area contributed by atoms with Gasteiger partial charge < -0.3 is 15.7 Å². The van der Waals surface area contributed by atoms with Crippen LogP contribution in [0.2, 0.25) is 0 Å². The minimum atomic E-state index is -0.982. The van der Waals surface area contributed by atoms with Crippen molar-refractivity contribution in [3.05, 3.63) is 70.5 Å². The molecule has 0 unspecified atom stereocenters. The summed E-state index contributed by atoms with van der Waals surface area (Å²) >= 11 is 0. The van der Waals surface area contributed by atoms with Crippen molar-refractivity contribution in [2.75, 3.05) is 10.6 Å². The number of benzene rings is 3. The predicted octanol–water partition coefficient (Wildman–Crippen LogP) is 4.24. The molecule has 25 heavy (non-hydrogen) atoms. The van der Waals surface area contributed by atoms with Crippen LogP contribution in [0.1, 0.15) is 0 Å². The van der Waals surface area contributed by atoms with Crippen molar-refractivity contribution in [2.45, 2.75) is 0 Å². The molecule has 0 aliphatic heterocycles. The summed E-state index contributed by atoms with van der Waals surface area (Å²) in [6, 6.07) is 12.3. The Labute approximate surface area is 140 Å². The summed E-state index contributed by atoms with van der Waals surface area (Å²) in [6.07, 6.45) is 0. The number of nitrogens with zero attached hydrogens (tertiary/aromatic N) is 1. The number of rotatable bonds is 3. The van der Waals surface area contributed by atoms with Crippen molar-refractivity contribution >= 4 is 33.9 Å². The number of nitro groups is 1. The van der Waals surface area contributed by atoms with Gasteiger partial charge in [0.15, 0.2) is 0 Å². The van der Waals surface area contributed by atoms with Gasteiger partial charge in [-0.2, -0.15) is 4.39 Å². The van der Waals surface area contributed by atoms with Gasteiger partial charge in [0.05, 0.1) is 10.6 Å². The summed E-state index contributed by atoms with van der Waals surface area (Å²) in [5.41, 5.74) is -0.145. The highest BCUT2D eigenvalue weighted by molar-refractivity contribution is 6.06. The predicted molar refractivity (Wildman–Crippen MR) is 91.3 cm³/mol. The SMILES string of the molecule is O=C(Nc1ccc(F)c([N+](=O)[O-])c1)Nc1cccc2cc(O)ccc12. The van der Waals surface area contributed by atoms with Gasteiger partial charge in [0.25, 0.3) is 0 Å². The molecule has 8 heteroatoms. The van der Waals surface area contributed by atoms with Crippen LogP contribution in [-0.2, 0) is 0 Å². The van der Waals surface area contributed by atoms with Crippen LogP contribution in [0.15, 0.2) is 54.6 Å². The average Bonchev–Trinajstić information content (AvgIpc) is 2.56. The van der Waals surface area contributed by atoms with E-state index in [1.165, 1.54) is 12.1 Å². The third kappa shape index (κ3) is 3.47. The number of amides is 2. The first-order chi connectivity index (χ1) is 11.9. The molecule has 0 saturated heterocycles. The third-order valence-electron chi connectivity index (χ3n) is 3.51. The van der Waals surface area contributed by atoms with Crippen LogP contribution >= 0.6 is 0 Å². The third-order valence-corrected chi connectivity index (χ3v) is 3.51. The number of carbonyl (C=O) groups excluding carboxylic acids is 1. The number of carbonyl (C=O) groups is 1. The van der Waals surface area contributed by atoms with Crippen LogP contribution in [0.5, 0.6) is 5.75 Å². The monoisotopic (exact) mass is 341 g/mol. The Morgan fingerprint density at radius 3 is 2.64 bits per heavy atom. The lowest BCUT2D eigenvalue weighted by molar-refractivity contribution is -0.387. The molecule has 0 atom stereocenters. The highest BCUT2D eigenvalue weighted by Crippen LogP contribution is 2.27. The molecular weight excluding hydrogens is 329 g/mol. The van der Waals surface area contributed by atoms with E-state index >= 15 is 0 Å². The number of phenols is 1. The molecule has 3 N–H and O–H groups in total. The summed E-state index contributed by atoms with van der Waals surface area (Å²) < 4.78 is 13.3. The summed E-state index contributed by atoms with van der Waals surface area (Å²) in [7, 11) is 0. The molecule has 0 aromatic heterocycles. The first kappa shape index (κ1) is 16.2. The Bertz CT molecular complexity index is 991. The second-order valence-corrected chi connectivity index (χ2v) is 5.21. The fourth-order valence-corrected chi connectivity index (χ4v) is 2.40. The molecule has 0 heterocycles. The topological polar surface area (TPSA) is 104 Å². The van der Waals surface area contributed by atoms with Crippen molar-refractivity contribution in [2.24, 2.45) is 0 Å². The molecule has 0 saturated carbocycles. The lowest BCUT2D eigenvalue weighted by atomic mass is 10.1. The van der Waals surface area contributed by atoms with Gasteiger partial charge in [-0.15, -0.1) is 0 Å². The first-order valence-corrected chi connectivity index (χ1v) is 7.18. The lowest BCUT2D eigenvalue weighted by Crippen LogP contribution is -2.19. The van der Waals surface area contributed by atoms with Gasteiger partial charge in [-0.1, -0.05) is 12.1 Å². The fourth-order valence-electron chi connectivity index (χ4n) is 2.40. The standard InChI is InChI=1S/C17H12FN3O4/c18-14-7-4-11(9-16(14)21(24)25)19-17(23)20-15-3-1-2-10-8-12(22)5-6-13(10)15/h1-9,22H,(H2,19,20,23). The maximum absolute atomic E-state index is 13.3. The first-order valence-electron chi connectivity index (χ1n) is 7.18. The second kappa shape index (κ2) is 6.44. The summed E-state index contributed by atoms with van der Waals surface area (Å²) in [6.45, 7) is 0. The van der Waals surface area contributed by atoms with E-state index in [1.807, 2.05) is 0 Å². The molecule has 3 aromatic carbocycles. The van der Waals surface area contributed by atoms with Crippen molar-refractivity contribution in [3.8, 4) is 5.75 Å². The lowest BCUT2D eigenvalue weighted by Gasteiger charge is -2.10. The molecule has 126 valence electrons. The molecule has 2 amide bonds. The molecule has 0 bridgehead atoms. The Morgan fingerprint density at radius 1 is 1.08 bits per heavy atom. The quantitative estimate of drug-likeness (QED) is 0.489. The van der Waals surface area contributed by atoms with Gasteiger partial charge in [0, 0.05) is 17.1 Å². The molecule has 0 aliphatic rings. The van der Waals surface area contributed by atoms with Crippen LogP contribution in [0.25, 0.3) is 10.8 Å². The number of phenolic OH excluding ortho intramolecular Hbond substituents is 1. The van der Waals surface area contributed by atoms with E-state index in [4.69, 9.17) is 0 Å². The summed E-state index contributed by atoms with van der Waals surface area (Å²) in [4.78, 5) is 22.0. The molecule has 7 nitrogen and oxygen atoms in total. The Balaban J connectivity index is 1.82. The second-order valence-electron chi connectivity index (χ2n) is 5.21. The molecule has 0 radical (unpaired) electrons. The van der Waals surface area contributed by atoms with E-state index in [9.17, 15) is 24.4 Å². The van der Waals surface area contributed by atoms with Crippen LogP contribution in [0, 0.1) is 15.9 Å². The number of hydrogen-bond acceptors (Lipinski definition) is 4. The largest absolute Gasteiger partial charge is 0.508 e. The number of aromatic hydroxyl groups is 1. The molecule has 0 fully saturated rings. The van der Waals surface area contributed by atoms with Crippen LogP contribution in [-0.4, -0.2) is 16.1 Å². The molecule has 0 spiro atoms. The number of halogens is 1. The van der Waals surface area contributed by atoms with E-state index < -0.39 is 22.5 Å². The van der Waals surface area contributed by atoms with Crippen LogP contribution < -0.4 is 10.6 Å². The maximum Gasteiger partial charge on any atom is 0.323 e. The number of fused-ring (bicyclic) bond motifs is 1. The normalized spacial score (nSPS) is 10.4. The van der Waals surface area contributed by atoms with Crippen LogP contribution in [0.3, 0.4) is 0 Å². The summed E-state index contributed by atoms with van der Waals surface area (Å²) in [5.74, 6) is -0.877. The molecular formula is C17H12FN3O4. The minimum absolute atomic E-state index is 0.0866. The Morgan fingerprint density at radius 2 is 1.88 bits per heavy atom.